The Kier molecular flexibility index (Phi) is 2.63. The highest BCUT2D eigenvalue weighted by Gasteiger charge is 2.37. The molecule has 1 aromatic carbocycles. The molecule has 0 radical (unpaired) electrons. The van der Waals surface area contributed by atoms with Gasteiger partial charge in [-0.1, -0.05) is 18.2 Å². The highest BCUT2D eigenvalue weighted by Crippen LogP contribution is 2.42. The molecule has 2 N–H and O–H groups in total. The summed E-state index contributed by atoms with van der Waals surface area (Å²) in [7, 11) is 0. The molecule has 0 aromatic heterocycles. The summed E-state index contributed by atoms with van der Waals surface area (Å²) in [6.07, 6.45) is 1.38. The number of halogens is 2. The smallest absolute Gasteiger partial charge is 0.248 e. The molecular formula is C12H15F2N. The van der Waals surface area contributed by atoms with Gasteiger partial charge in [0.05, 0.1) is 0 Å². The van der Waals surface area contributed by atoms with E-state index in [9.17, 15) is 8.78 Å². The Morgan fingerprint density at radius 3 is 2.67 bits per heavy atom. The predicted molar refractivity (Wildman–Crippen MR) is 57.0 cm³/mol. The topological polar surface area (TPSA) is 26.0 Å². The second-order valence-corrected chi connectivity index (χ2v) is 4.28. The molecule has 0 heterocycles. The van der Waals surface area contributed by atoms with Gasteiger partial charge in [0, 0.05) is 18.5 Å². The third kappa shape index (κ3) is 2.28. The van der Waals surface area contributed by atoms with Crippen molar-refractivity contribution in [3.05, 3.63) is 29.8 Å². The standard InChI is InChI=1S/C12H15F2N/c13-12(14)7-3-4-9(8-12)10-5-1-2-6-11(10)15/h1-2,5-6,9H,3-4,7-8,15H2. The van der Waals surface area contributed by atoms with E-state index >= 15 is 0 Å². The Hall–Kier alpha value is -1.12. The van der Waals surface area contributed by atoms with E-state index in [0.717, 1.165) is 12.0 Å². The van der Waals surface area contributed by atoms with Crippen LogP contribution in [-0.4, -0.2) is 5.92 Å². The van der Waals surface area contributed by atoms with E-state index in [4.69, 9.17) is 5.73 Å². The predicted octanol–water partition coefficient (Wildman–Crippen LogP) is 3.56. The number of anilines is 1. The van der Waals surface area contributed by atoms with Gasteiger partial charge in [-0.3, -0.25) is 0 Å². The van der Waals surface area contributed by atoms with E-state index < -0.39 is 5.92 Å². The maximum Gasteiger partial charge on any atom is 0.248 e. The van der Waals surface area contributed by atoms with Crippen LogP contribution in [0.4, 0.5) is 14.5 Å². The number of nitrogen functional groups attached to an aromatic ring is 1. The van der Waals surface area contributed by atoms with Crippen LogP contribution in [0.3, 0.4) is 0 Å². The average Bonchev–Trinajstić information content (AvgIpc) is 2.17. The summed E-state index contributed by atoms with van der Waals surface area (Å²) >= 11 is 0. The summed E-state index contributed by atoms with van der Waals surface area (Å²) in [5.74, 6) is -2.58. The Morgan fingerprint density at radius 1 is 1.27 bits per heavy atom. The fourth-order valence-electron chi connectivity index (χ4n) is 2.32. The molecule has 0 aliphatic heterocycles. The normalized spacial score (nSPS) is 25.1. The molecule has 0 saturated heterocycles. The first-order chi connectivity index (χ1) is 7.08. The van der Waals surface area contributed by atoms with Crippen LogP contribution in [0.15, 0.2) is 24.3 Å². The molecule has 0 bridgehead atoms. The second-order valence-electron chi connectivity index (χ2n) is 4.28. The Morgan fingerprint density at radius 2 is 2.00 bits per heavy atom. The zero-order valence-corrected chi connectivity index (χ0v) is 8.55. The minimum atomic E-state index is -2.51. The van der Waals surface area contributed by atoms with E-state index in [1.807, 2.05) is 18.2 Å². The summed E-state index contributed by atoms with van der Waals surface area (Å²) in [5.41, 5.74) is 7.32. The molecule has 3 heteroatoms. The Labute approximate surface area is 88.3 Å². The molecule has 82 valence electrons. The molecule has 15 heavy (non-hydrogen) atoms. The monoisotopic (exact) mass is 211 g/mol. The van der Waals surface area contributed by atoms with Crippen molar-refractivity contribution in [1.82, 2.24) is 0 Å². The number of rotatable bonds is 1. The summed E-state index contributed by atoms with van der Waals surface area (Å²) in [6.45, 7) is 0. The van der Waals surface area contributed by atoms with Crippen LogP contribution in [0.2, 0.25) is 0 Å². The summed E-state index contributed by atoms with van der Waals surface area (Å²) in [6, 6.07) is 7.34. The Balaban J connectivity index is 2.21. The SMILES string of the molecule is Nc1ccccc1C1CCCC(F)(F)C1. The maximum atomic E-state index is 13.2. The summed E-state index contributed by atoms with van der Waals surface area (Å²) in [5, 5.41) is 0. The van der Waals surface area contributed by atoms with Crippen LogP contribution in [0, 0.1) is 0 Å². The lowest BCUT2D eigenvalue weighted by atomic mass is 9.81. The van der Waals surface area contributed by atoms with E-state index in [1.54, 1.807) is 6.07 Å². The number of hydrogen-bond acceptors (Lipinski definition) is 1. The molecule has 1 saturated carbocycles. The lowest BCUT2D eigenvalue weighted by molar-refractivity contribution is -0.0407. The van der Waals surface area contributed by atoms with Gasteiger partial charge in [0.25, 0.3) is 0 Å². The van der Waals surface area contributed by atoms with Gasteiger partial charge in [0.1, 0.15) is 0 Å². The van der Waals surface area contributed by atoms with Crippen molar-refractivity contribution in [1.29, 1.82) is 0 Å². The lowest BCUT2D eigenvalue weighted by Gasteiger charge is -2.29. The van der Waals surface area contributed by atoms with Crippen LogP contribution in [0.25, 0.3) is 0 Å². The molecule has 1 aliphatic carbocycles. The molecule has 1 aromatic rings. The van der Waals surface area contributed by atoms with Gasteiger partial charge in [-0.25, -0.2) is 8.78 Å². The molecule has 1 unspecified atom stereocenters. The molecule has 1 atom stereocenters. The lowest BCUT2D eigenvalue weighted by Crippen LogP contribution is -2.25. The summed E-state index contributed by atoms with van der Waals surface area (Å²) in [4.78, 5) is 0. The van der Waals surface area contributed by atoms with Crippen LogP contribution in [0.1, 0.15) is 37.2 Å². The van der Waals surface area contributed by atoms with E-state index in [1.165, 1.54) is 0 Å². The third-order valence-electron chi connectivity index (χ3n) is 3.08. The number of nitrogens with two attached hydrogens (primary N) is 1. The third-order valence-corrected chi connectivity index (χ3v) is 3.08. The minimum absolute atomic E-state index is 0.0240. The van der Waals surface area contributed by atoms with Gasteiger partial charge in [-0.15, -0.1) is 0 Å². The highest BCUT2D eigenvalue weighted by atomic mass is 19.3. The average molecular weight is 211 g/mol. The zero-order chi connectivity index (χ0) is 10.9. The number of para-hydroxylation sites is 1. The minimum Gasteiger partial charge on any atom is -0.398 e. The van der Waals surface area contributed by atoms with Crippen molar-refractivity contribution in [2.75, 3.05) is 5.73 Å². The van der Waals surface area contributed by atoms with Gasteiger partial charge in [-0.2, -0.15) is 0 Å². The summed E-state index contributed by atoms with van der Waals surface area (Å²) < 4.78 is 26.5. The van der Waals surface area contributed by atoms with Crippen molar-refractivity contribution in [3.63, 3.8) is 0 Å². The van der Waals surface area contributed by atoms with Gasteiger partial charge in [-0.05, 0) is 30.4 Å². The zero-order valence-electron chi connectivity index (χ0n) is 8.55. The van der Waals surface area contributed by atoms with Crippen LogP contribution in [0.5, 0.6) is 0 Å². The van der Waals surface area contributed by atoms with E-state index in [-0.39, 0.29) is 18.8 Å². The first-order valence-electron chi connectivity index (χ1n) is 5.31. The van der Waals surface area contributed by atoms with Gasteiger partial charge in [0.15, 0.2) is 0 Å². The van der Waals surface area contributed by atoms with Crippen molar-refractivity contribution < 1.29 is 8.78 Å². The molecular weight excluding hydrogens is 196 g/mol. The second kappa shape index (κ2) is 3.80. The van der Waals surface area contributed by atoms with Gasteiger partial charge in [0.2, 0.25) is 5.92 Å². The first-order valence-corrected chi connectivity index (χ1v) is 5.31. The fraction of sp³-hybridized carbons (Fsp3) is 0.500. The van der Waals surface area contributed by atoms with E-state index in [0.29, 0.717) is 12.1 Å². The van der Waals surface area contributed by atoms with Gasteiger partial charge < -0.3 is 5.73 Å². The number of benzene rings is 1. The van der Waals surface area contributed by atoms with Crippen LogP contribution < -0.4 is 5.73 Å². The molecule has 2 rings (SSSR count). The maximum absolute atomic E-state index is 13.2. The number of hydrogen-bond donors (Lipinski definition) is 1. The van der Waals surface area contributed by atoms with E-state index in [2.05, 4.69) is 0 Å². The first kappa shape index (κ1) is 10.4. The van der Waals surface area contributed by atoms with Crippen molar-refractivity contribution in [2.45, 2.75) is 37.5 Å². The van der Waals surface area contributed by atoms with Crippen molar-refractivity contribution in [3.8, 4) is 0 Å². The van der Waals surface area contributed by atoms with Crippen molar-refractivity contribution in [2.24, 2.45) is 0 Å². The highest BCUT2D eigenvalue weighted by molar-refractivity contribution is 5.48. The number of alkyl halides is 2. The van der Waals surface area contributed by atoms with Crippen LogP contribution in [-0.2, 0) is 0 Å². The molecule has 0 spiro atoms. The quantitative estimate of drug-likeness (QED) is 0.706. The molecule has 1 aliphatic rings. The molecule has 1 nitrogen and oxygen atoms in total. The van der Waals surface area contributed by atoms with Gasteiger partial charge >= 0.3 is 0 Å². The molecule has 0 amide bonds. The largest absolute Gasteiger partial charge is 0.398 e. The van der Waals surface area contributed by atoms with Crippen molar-refractivity contribution >= 4 is 5.69 Å². The fourth-order valence-corrected chi connectivity index (χ4v) is 2.32. The molecule has 1 fully saturated rings. The Bertz CT molecular complexity index is 349. The van der Waals surface area contributed by atoms with Crippen LogP contribution >= 0.6 is 0 Å².